The first-order valence-corrected chi connectivity index (χ1v) is 18.0. The van der Waals surface area contributed by atoms with Gasteiger partial charge in [0.1, 0.15) is 17.3 Å². The second-order valence-corrected chi connectivity index (χ2v) is 14.6. The van der Waals surface area contributed by atoms with E-state index < -0.39 is 6.98 Å². The SMILES string of the molecule is [2H]C([2H])([2H])[n+]1[c-]n(-c2cccc(Oc3ccc4c5ccccc5n(-c5cc(C(C)(C)C)ccn5)c4c3)c2)c2ccc(N3c4ccccc4Oc4ccccc43)cc21. The summed E-state index contributed by atoms with van der Waals surface area (Å²) in [6.45, 7) is 4.12. The smallest absolute Gasteiger partial charge is 0.244 e. The van der Waals surface area contributed by atoms with Crippen molar-refractivity contribution in [3.63, 3.8) is 0 Å². The number of pyridine rings is 1. The molecule has 7 heteroatoms. The highest BCUT2D eigenvalue weighted by Gasteiger charge is 2.26. The number of para-hydroxylation sites is 5. The molecule has 54 heavy (non-hydrogen) atoms. The number of benzene rings is 6. The van der Waals surface area contributed by atoms with Gasteiger partial charge in [-0.3, -0.25) is 4.57 Å². The molecule has 0 saturated carbocycles. The summed E-state index contributed by atoms with van der Waals surface area (Å²) in [6, 6.07) is 47.8. The van der Waals surface area contributed by atoms with Crippen molar-refractivity contribution in [2.24, 2.45) is 6.98 Å². The lowest BCUT2D eigenvalue weighted by Crippen LogP contribution is -2.26. The Morgan fingerprint density at radius 2 is 1.41 bits per heavy atom. The second kappa shape index (κ2) is 12.1. The Morgan fingerprint density at radius 1 is 0.667 bits per heavy atom. The van der Waals surface area contributed by atoms with Crippen LogP contribution in [0.4, 0.5) is 17.1 Å². The van der Waals surface area contributed by atoms with Gasteiger partial charge in [-0.1, -0.05) is 81.4 Å². The Balaban J connectivity index is 1.05. The molecule has 0 N–H and O–H groups in total. The first-order valence-electron chi connectivity index (χ1n) is 19.5. The summed E-state index contributed by atoms with van der Waals surface area (Å²) in [5.74, 6) is 3.53. The fraction of sp³-hybridized carbons (Fsp3) is 0.106. The van der Waals surface area contributed by atoms with E-state index >= 15 is 0 Å². The first-order chi connectivity index (χ1) is 27.5. The number of imidazole rings is 1. The molecule has 0 aliphatic carbocycles. The lowest BCUT2D eigenvalue weighted by molar-refractivity contribution is -0.649. The summed E-state index contributed by atoms with van der Waals surface area (Å²) in [4.78, 5) is 6.91. The molecular weight excluding hydrogens is 667 g/mol. The fourth-order valence-corrected chi connectivity index (χ4v) is 7.50. The number of aryl methyl sites for hydroxylation is 1. The van der Waals surface area contributed by atoms with Crippen molar-refractivity contribution in [1.82, 2.24) is 14.1 Å². The van der Waals surface area contributed by atoms with E-state index in [0.717, 1.165) is 44.7 Å². The molecule has 1 aliphatic heterocycles. The Morgan fingerprint density at radius 3 is 2.20 bits per heavy atom. The molecule has 6 aromatic carbocycles. The monoisotopic (exact) mass is 706 g/mol. The molecule has 0 amide bonds. The van der Waals surface area contributed by atoms with Crippen LogP contribution in [0.15, 0.2) is 152 Å². The van der Waals surface area contributed by atoms with Crippen LogP contribution in [-0.2, 0) is 12.4 Å². The Labute approximate surface area is 317 Å². The maximum Gasteiger partial charge on any atom is 0.244 e. The van der Waals surface area contributed by atoms with Crippen molar-refractivity contribution >= 4 is 49.9 Å². The van der Waals surface area contributed by atoms with Crippen LogP contribution in [0.3, 0.4) is 0 Å². The summed E-state index contributed by atoms with van der Waals surface area (Å²) >= 11 is 0. The average Bonchev–Trinajstić information content (AvgIpc) is 3.76. The van der Waals surface area contributed by atoms with Crippen molar-refractivity contribution in [3.05, 3.63) is 164 Å². The third-order valence-corrected chi connectivity index (χ3v) is 10.1. The van der Waals surface area contributed by atoms with Gasteiger partial charge in [0.2, 0.25) is 6.33 Å². The molecular formula is C47H37N5O2. The molecule has 0 saturated heterocycles. The molecule has 9 aromatic rings. The summed E-state index contributed by atoms with van der Waals surface area (Å²) in [7, 11) is 0. The van der Waals surface area contributed by atoms with E-state index in [1.54, 1.807) is 4.57 Å². The van der Waals surface area contributed by atoms with Crippen LogP contribution in [0.25, 0.3) is 44.3 Å². The largest absolute Gasteiger partial charge is 0.458 e. The topological polar surface area (TPSA) is 48.3 Å². The van der Waals surface area contributed by atoms with Gasteiger partial charge in [-0.2, -0.15) is 0 Å². The van der Waals surface area contributed by atoms with Gasteiger partial charge >= 0.3 is 0 Å². The molecule has 0 radical (unpaired) electrons. The standard InChI is InChI=1S/C47H37N5O2/c1-47(2,3)31-24-25-48-46(26-31)52-38-15-6-5-14-36(38)37-22-21-35(29-42(37)52)53-34-13-11-12-32(27-34)50-30-49(4)43-28-33(20-23-39(43)50)51-40-16-7-9-18-44(40)54-45-19-10-8-17-41(45)51/h5-29H,1-4H3/i4D3. The molecule has 3 aromatic heterocycles. The predicted octanol–water partition coefficient (Wildman–Crippen LogP) is 11.4. The third-order valence-electron chi connectivity index (χ3n) is 10.1. The molecule has 0 spiro atoms. The van der Waals surface area contributed by atoms with Crippen LogP contribution < -0.4 is 18.9 Å². The van der Waals surface area contributed by atoms with Crippen LogP contribution in [0.5, 0.6) is 23.0 Å². The minimum absolute atomic E-state index is 0.0372. The molecule has 7 nitrogen and oxygen atoms in total. The highest BCUT2D eigenvalue weighted by Crippen LogP contribution is 2.50. The second-order valence-electron chi connectivity index (χ2n) is 14.6. The number of nitrogens with zero attached hydrogens (tertiary/aromatic N) is 5. The minimum atomic E-state index is -2.49. The Bertz CT molecular complexity index is 2990. The maximum absolute atomic E-state index is 8.49. The molecule has 4 heterocycles. The first kappa shape index (κ1) is 28.7. The highest BCUT2D eigenvalue weighted by molar-refractivity contribution is 6.09. The fourth-order valence-electron chi connectivity index (χ4n) is 7.50. The maximum atomic E-state index is 8.49. The van der Waals surface area contributed by atoms with Crippen LogP contribution in [0.2, 0.25) is 0 Å². The molecule has 10 rings (SSSR count). The molecule has 0 bridgehead atoms. The molecule has 0 unspecified atom stereocenters. The minimum Gasteiger partial charge on any atom is -0.458 e. The van der Waals surface area contributed by atoms with Gasteiger partial charge < -0.3 is 23.5 Å². The molecule has 0 atom stereocenters. The van der Waals surface area contributed by atoms with Crippen molar-refractivity contribution < 1.29 is 18.2 Å². The Hall–Kier alpha value is -6.86. The molecule has 1 aliphatic rings. The van der Waals surface area contributed by atoms with Crippen LogP contribution in [0, 0.1) is 6.33 Å². The predicted molar refractivity (Wildman–Crippen MR) is 215 cm³/mol. The van der Waals surface area contributed by atoms with E-state index in [-0.39, 0.29) is 5.41 Å². The van der Waals surface area contributed by atoms with Gasteiger partial charge in [-0.25, -0.2) is 4.98 Å². The molecule has 262 valence electrons. The van der Waals surface area contributed by atoms with Gasteiger partial charge in [0.05, 0.1) is 50.2 Å². The summed E-state index contributed by atoms with van der Waals surface area (Å²) in [5, 5.41) is 2.23. The normalized spacial score (nSPS) is 13.6. The summed E-state index contributed by atoms with van der Waals surface area (Å²) < 4.78 is 43.4. The zero-order valence-corrected chi connectivity index (χ0v) is 30.0. The van der Waals surface area contributed by atoms with Gasteiger partial charge in [0, 0.05) is 28.7 Å². The zero-order valence-electron chi connectivity index (χ0n) is 33.0. The molecule has 0 fully saturated rings. The van der Waals surface area contributed by atoms with E-state index in [4.69, 9.17) is 18.6 Å². The van der Waals surface area contributed by atoms with E-state index in [9.17, 15) is 0 Å². The van der Waals surface area contributed by atoms with E-state index in [0.29, 0.717) is 39.7 Å². The van der Waals surface area contributed by atoms with Gasteiger partial charge in [0.15, 0.2) is 11.5 Å². The lowest BCUT2D eigenvalue weighted by atomic mass is 9.88. The number of rotatable bonds is 5. The number of hydrogen-bond acceptors (Lipinski definition) is 4. The van der Waals surface area contributed by atoms with E-state index in [1.807, 2.05) is 109 Å². The summed E-state index contributed by atoms with van der Waals surface area (Å²) in [6.07, 6.45) is 5.02. The van der Waals surface area contributed by atoms with E-state index in [2.05, 4.69) is 79.0 Å². The summed E-state index contributed by atoms with van der Waals surface area (Å²) in [5.41, 5.74) is 7.60. The Kier molecular flexibility index (Phi) is 6.43. The van der Waals surface area contributed by atoms with Crippen molar-refractivity contribution in [2.45, 2.75) is 26.2 Å². The van der Waals surface area contributed by atoms with Gasteiger partial charge in [-0.15, -0.1) is 0 Å². The van der Waals surface area contributed by atoms with Crippen molar-refractivity contribution in [2.75, 3.05) is 4.90 Å². The van der Waals surface area contributed by atoms with Crippen LogP contribution >= 0.6 is 0 Å². The van der Waals surface area contributed by atoms with Crippen molar-refractivity contribution in [1.29, 1.82) is 0 Å². The lowest BCUT2D eigenvalue weighted by Gasteiger charge is -2.33. The van der Waals surface area contributed by atoms with Crippen LogP contribution in [0.1, 0.15) is 30.4 Å². The number of anilines is 3. The van der Waals surface area contributed by atoms with Crippen LogP contribution in [-0.4, -0.2) is 14.1 Å². The quantitative estimate of drug-likeness (QED) is 0.132. The number of fused-ring (bicyclic) bond motifs is 6. The van der Waals surface area contributed by atoms with Gasteiger partial charge in [0.25, 0.3) is 0 Å². The number of hydrogen-bond donors (Lipinski definition) is 0. The average molecular weight is 707 g/mol. The highest BCUT2D eigenvalue weighted by atomic mass is 16.5. The van der Waals surface area contributed by atoms with Gasteiger partial charge in [-0.05, 0) is 89.8 Å². The van der Waals surface area contributed by atoms with Crippen molar-refractivity contribution in [3.8, 4) is 34.5 Å². The van der Waals surface area contributed by atoms with E-state index in [1.165, 1.54) is 10.1 Å². The third kappa shape index (κ3) is 5.19. The number of aromatic nitrogens is 4. The number of ether oxygens (including phenoxy) is 2. The zero-order chi connectivity index (χ0) is 39.1.